The minimum atomic E-state index is -0.550. The van der Waals surface area contributed by atoms with Gasteiger partial charge in [-0.25, -0.2) is 9.97 Å². The summed E-state index contributed by atoms with van der Waals surface area (Å²) >= 11 is 0. The van der Waals surface area contributed by atoms with E-state index in [1.165, 1.54) is 22.8 Å². The number of aliphatic hydroxyl groups excluding tert-OH is 1. The highest BCUT2D eigenvalue weighted by Gasteiger charge is 2.21. The number of aromatic nitrogens is 4. The van der Waals surface area contributed by atoms with Crippen LogP contribution in [0.15, 0.2) is 90.2 Å². The highest BCUT2D eigenvalue weighted by molar-refractivity contribution is 5.93. The molecule has 1 atom stereocenters. The lowest BCUT2D eigenvalue weighted by atomic mass is 9.99. The molecule has 38 heavy (non-hydrogen) atoms. The number of amides is 1. The van der Waals surface area contributed by atoms with Crippen LogP contribution >= 0.6 is 0 Å². The summed E-state index contributed by atoms with van der Waals surface area (Å²) in [4.78, 5) is 36.2. The normalized spacial score (nSPS) is 15.8. The lowest BCUT2D eigenvalue weighted by molar-refractivity contribution is 0.1000. The number of likely N-dealkylation sites (tertiary alicyclic amines) is 1. The summed E-state index contributed by atoms with van der Waals surface area (Å²) in [5.41, 5.74) is 10.7. The van der Waals surface area contributed by atoms with Crippen LogP contribution in [0.5, 0.6) is 0 Å². The number of hydrogen-bond acceptors (Lipinski definition) is 6. The van der Waals surface area contributed by atoms with Crippen LogP contribution in [0.3, 0.4) is 0 Å². The van der Waals surface area contributed by atoms with Crippen LogP contribution in [-0.4, -0.2) is 54.2 Å². The Morgan fingerprint density at radius 3 is 2.45 bits per heavy atom. The van der Waals surface area contributed by atoms with Crippen LogP contribution in [0.2, 0.25) is 0 Å². The number of primary amides is 1. The summed E-state index contributed by atoms with van der Waals surface area (Å²) in [7, 11) is 0. The van der Waals surface area contributed by atoms with Gasteiger partial charge in [-0.1, -0.05) is 42.5 Å². The second kappa shape index (κ2) is 9.70. The predicted molar refractivity (Wildman–Crippen MR) is 144 cm³/mol. The SMILES string of the molecule is NC(=O)c1cccc(-n2cnc3ncn(-c4ccc(-c5ccccc5CN5CC[C@H](O)C5)cc4)c(=O)c32)c1. The minimum Gasteiger partial charge on any atom is -0.392 e. The molecule has 0 bridgehead atoms. The Kier molecular flexibility index (Phi) is 6.07. The third kappa shape index (κ3) is 4.38. The van der Waals surface area contributed by atoms with Gasteiger partial charge in [0.2, 0.25) is 5.91 Å². The van der Waals surface area contributed by atoms with Crippen molar-refractivity contribution < 1.29 is 9.90 Å². The highest BCUT2D eigenvalue weighted by Crippen LogP contribution is 2.27. The summed E-state index contributed by atoms with van der Waals surface area (Å²) in [6.07, 6.45) is 3.54. The number of β-amino-alcohol motifs (C(OH)–C–C–N with tert-alkyl or cyclic N) is 1. The van der Waals surface area contributed by atoms with Gasteiger partial charge >= 0.3 is 0 Å². The second-order valence-corrected chi connectivity index (χ2v) is 9.50. The topological polar surface area (TPSA) is 119 Å². The molecule has 6 rings (SSSR count). The molecule has 0 unspecified atom stereocenters. The fraction of sp³-hybridized carbons (Fsp3) is 0.172. The number of carbonyl (C=O) groups is 1. The minimum absolute atomic E-state index is 0.255. The average molecular weight is 507 g/mol. The van der Waals surface area contributed by atoms with E-state index in [2.05, 4.69) is 27.0 Å². The van der Waals surface area contributed by atoms with Gasteiger partial charge in [0, 0.05) is 30.9 Å². The van der Waals surface area contributed by atoms with Gasteiger partial charge in [-0.15, -0.1) is 0 Å². The van der Waals surface area contributed by atoms with Gasteiger partial charge in [-0.3, -0.25) is 23.6 Å². The van der Waals surface area contributed by atoms with Crippen LogP contribution in [0, 0.1) is 0 Å². The van der Waals surface area contributed by atoms with E-state index in [0.29, 0.717) is 34.6 Å². The van der Waals surface area contributed by atoms with Crippen LogP contribution in [0.1, 0.15) is 22.3 Å². The number of carbonyl (C=O) groups excluding carboxylic acids is 1. The first-order chi connectivity index (χ1) is 18.5. The molecule has 9 nitrogen and oxygen atoms in total. The molecular weight excluding hydrogens is 480 g/mol. The monoisotopic (exact) mass is 506 g/mol. The van der Waals surface area contributed by atoms with Crippen molar-refractivity contribution >= 4 is 17.1 Å². The van der Waals surface area contributed by atoms with Crippen molar-refractivity contribution in [1.82, 2.24) is 24.0 Å². The maximum Gasteiger partial charge on any atom is 0.284 e. The average Bonchev–Trinajstić information content (AvgIpc) is 3.56. The largest absolute Gasteiger partial charge is 0.392 e. The highest BCUT2D eigenvalue weighted by atomic mass is 16.3. The first-order valence-electron chi connectivity index (χ1n) is 12.4. The van der Waals surface area contributed by atoms with Gasteiger partial charge in [0.25, 0.3) is 5.56 Å². The molecule has 5 aromatic rings. The maximum absolute atomic E-state index is 13.6. The molecule has 3 N–H and O–H groups in total. The van der Waals surface area contributed by atoms with Crippen LogP contribution < -0.4 is 11.3 Å². The zero-order chi connectivity index (χ0) is 26.2. The zero-order valence-corrected chi connectivity index (χ0v) is 20.6. The first-order valence-corrected chi connectivity index (χ1v) is 12.4. The van der Waals surface area contributed by atoms with E-state index in [-0.39, 0.29) is 11.7 Å². The molecule has 0 saturated carbocycles. The van der Waals surface area contributed by atoms with Gasteiger partial charge < -0.3 is 10.8 Å². The number of benzene rings is 3. The number of imidazole rings is 1. The van der Waals surface area contributed by atoms with Crippen molar-refractivity contribution in [3.63, 3.8) is 0 Å². The zero-order valence-electron chi connectivity index (χ0n) is 20.6. The van der Waals surface area contributed by atoms with Crippen molar-refractivity contribution in [3.8, 4) is 22.5 Å². The van der Waals surface area contributed by atoms with E-state index in [1.807, 2.05) is 36.4 Å². The molecule has 9 heteroatoms. The molecular formula is C29H26N6O3. The predicted octanol–water partition coefficient (Wildman–Crippen LogP) is 2.90. The summed E-state index contributed by atoms with van der Waals surface area (Å²) in [5.74, 6) is -0.550. The Bertz CT molecular complexity index is 1710. The molecule has 1 fully saturated rings. The van der Waals surface area contributed by atoms with E-state index < -0.39 is 5.91 Å². The van der Waals surface area contributed by atoms with Crippen molar-refractivity contribution in [2.45, 2.75) is 19.1 Å². The Labute approximate surface area is 218 Å². The number of fused-ring (bicyclic) bond motifs is 1. The van der Waals surface area contributed by atoms with Gasteiger partial charge in [-0.2, -0.15) is 0 Å². The van der Waals surface area contributed by atoms with Crippen molar-refractivity contribution in [3.05, 3.63) is 107 Å². The third-order valence-electron chi connectivity index (χ3n) is 6.99. The Morgan fingerprint density at radius 2 is 1.71 bits per heavy atom. The van der Waals surface area contributed by atoms with Crippen LogP contribution in [0.4, 0.5) is 0 Å². The van der Waals surface area contributed by atoms with E-state index in [1.54, 1.807) is 28.8 Å². The number of rotatable bonds is 6. The van der Waals surface area contributed by atoms with Crippen LogP contribution in [-0.2, 0) is 6.54 Å². The molecule has 1 aliphatic rings. The number of hydrogen-bond donors (Lipinski definition) is 2. The van der Waals surface area contributed by atoms with Gasteiger partial charge in [0.15, 0.2) is 11.2 Å². The summed E-state index contributed by atoms with van der Waals surface area (Å²) in [6.45, 7) is 2.35. The molecule has 2 aromatic heterocycles. The number of nitrogens with zero attached hydrogens (tertiary/aromatic N) is 5. The third-order valence-corrected chi connectivity index (χ3v) is 6.99. The first kappa shape index (κ1) is 23.8. The van der Waals surface area contributed by atoms with E-state index in [9.17, 15) is 14.7 Å². The molecule has 0 radical (unpaired) electrons. The molecule has 1 aliphatic heterocycles. The van der Waals surface area contributed by atoms with Gasteiger partial charge in [-0.05, 0) is 53.4 Å². The van der Waals surface area contributed by atoms with Gasteiger partial charge in [0.05, 0.1) is 11.8 Å². The Balaban J connectivity index is 1.35. The van der Waals surface area contributed by atoms with Gasteiger partial charge in [0.1, 0.15) is 12.7 Å². The second-order valence-electron chi connectivity index (χ2n) is 9.50. The van der Waals surface area contributed by atoms with Crippen LogP contribution in [0.25, 0.3) is 33.7 Å². The van der Waals surface area contributed by atoms with E-state index >= 15 is 0 Å². The van der Waals surface area contributed by atoms with Crippen molar-refractivity contribution in [2.24, 2.45) is 5.73 Å². The Hall–Kier alpha value is -4.60. The standard InChI is InChI=1S/C29H26N6O3/c30-27(37)20-5-3-6-23(14-20)34-17-31-28-26(34)29(38)35(18-32-28)22-10-8-19(9-11-22)25-7-2-1-4-21(25)15-33-13-12-24(36)16-33/h1-11,14,17-18,24,36H,12-13,15-16H2,(H2,30,37)/t24-/m0/s1. The number of nitrogens with two attached hydrogens (primary N) is 1. The number of aliphatic hydroxyl groups is 1. The fourth-order valence-electron chi connectivity index (χ4n) is 5.04. The molecule has 3 aromatic carbocycles. The summed E-state index contributed by atoms with van der Waals surface area (Å²) in [5, 5.41) is 9.89. The molecule has 0 spiro atoms. The summed E-state index contributed by atoms with van der Waals surface area (Å²) in [6, 6.07) is 22.8. The van der Waals surface area contributed by atoms with Crippen molar-refractivity contribution in [1.29, 1.82) is 0 Å². The van der Waals surface area contributed by atoms with E-state index in [4.69, 9.17) is 5.73 Å². The molecule has 0 aliphatic carbocycles. The Morgan fingerprint density at radius 1 is 0.947 bits per heavy atom. The smallest absolute Gasteiger partial charge is 0.284 e. The lowest BCUT2D eigenvalue weighted by Crippen LogP contribution is -2.21. The maximum atomic E-state index is 13.6. The fourth-order valence-corrected chi connectivity index (χ4v) is 5.04. The molecule has 1 saturated heterocycles. The van der Waals surface area contributed by atoms with Crippen molar-refractivity contribution in [2.75, 3.05) is 13.1 Å². The molecule has 3 heterocycles. The lowest BCUT2D eigenvalue weighted by Gasteiger charge is -2.18. The van der Waals surface area contributed by atoms with E-state index in [0.717, 1.165) is 30.6 Å². The molecule has 190 valence electrons. The quantitative estimate of drug-likeness (QED) is 0.366. The summed E-state index contributed by atoms with van der Waals surface area (Å²) < 4.78 is 3.10. The molecule has 1 amide bonds.